The van der Waals surface area contributed by atoms with Crippen molar-refractivity contribution in [3.05, 3.63) is 35.4 Å². The van der Waals surface area contributed by atoms with E-state index in [9.17, 15) is 4.21 Å². The van der Waals surface area contributed by atoms with Crippen molar-refractivity contribution in [3.63, 3.8) is 0 Å². The molecule has 4 unspecified atom stereocenters. The standard InChI is InChI=1S/C18H31NOS/c1-7-12-19-18(17-10-8-14(4)9-11-17)16(6)21(20)15(5)13(2)3/h8-11,13,15-16,18-19H,7,12H2,1-6H3. The smallest absolute Gasteiger partial charge is 0.0517 e. The normalized spacial score (nSPS) is 17.5. The largest absolute Gasteiger partial charge is 0.309 e. The summed E-state index contributed by atoms with van der Waals surface area (Å²) in [5.74, 6) is 0.443. The molecule has 1 N–H and O–H groups in total. The Morgan fingerprint density at radius 2 is 1.62 bits per heavy atom. The van der Waals surface area contributed by atoms with Crippen LogP contribution in [0.5, 0.6) is 0 Å². The molecule has 0 aliphatic carbocycles. The Morgan fingerprint density at radius 3 is 2.10 bits per heavy atom. The Bertz CT molecular complexity index is 441. The van der Waals surface area contributed by atoms with Crippen LogP contribution in [0.2, 0.25) is 0 Å². The molecule has 1 aromatic rings. The maximum atomic E-state index is 12.8. The van der Waals surface area contributed by atoms with Crippen LogP contribution >= 0.6 is 0 Å². The summed E-state index contributed by atoms with van der Waals surface area (Å²) < 4.78 is 12.8. The maximum absolute atomic E-state index is 12.8. The Morgan fingerprint density at radius 1 is 1.05 bits per heavy atom. The summed E-state index contributed by atoms with van der Waals surface area (Å²) in [6.45, 7) is 13.7. The zero-order valence-corrected chi connectivity index (χ0v) is 15.2. The van der Waals surface area contributed by atoms with Gasteiger partial charge >= 0.3 is 0 Å². The monoisotopic (exact) mass is 309 g/mol. The SMILES string of the molecule is CCCNC(c1ccc(C)cc1)C(C)S(=O)C(C)C(C)C. The fourth-order valence-electron chi connectivity index (χ4n) is 2.37. The number of benzene rings is 1. The molecule has 1 aromatic carbocycles. The van der Waals surface area contributed by atoms with Crippen molar-refractivity contribution in [2.24, 2.45) is 5.92 Å². The molecule has 21 heavy (non-hydrogen) atoms. The van der Waals surface area contributed by atoms with Gasteiger partial charge in [-0.1, -0.05) is 57.5 Å². The summed E-state index contributed by atoms with van der Waals surface area (Å²) in [4.78, 5) is 0. The topological polar surface area (TPSA) is 29.1 Å². The second kappa shape index (κ2) is 8.70. The molecule has 4 atom stereocenters. The van der Waals surface area contributed by atoms with Crippen molar-refractivity contribution in [2.45, 2.75) is 64.5 Å². The summed E-state index contributed by atoms with van der Waals surface area (Å²) in [7, 11) is -0.842. The van der Waals surface area contributed by atoms with E-state index < -0.39 is 10.8 Å². The lowest BCUT2D eigenvalue weighted by Gasteiger charge is -2.28. The highest BCUT2D eigenvalue weighted by Gasteiger charge is 2.28. The molecule has 0 aliphatic heterocycles. The lowest BCUT2D eigenvalue weighted by molar-refractivity contribution is 0.509. The Kier molecular flexibility index (Phi) is 7.61. The Hall–Kier alpha value is -0.670. The first-order valence-corrected chi connectivity index (χ1v) is 9.35. The van der Waals surface area contributed by atoms with E-state index >= 15 is 0 Å². The van der Waals surface area contributed by atoms with Crippen LogP contribution in [-0.4, -0.2) is 21.3 Å². The van der Waals surface area contributed by atoms with E-state index in [-0.39, 0.29) is 16.5 Å². The number of rotatable bonds is 8. The van der Waals surface area contributed by atoms with Crippen LogP contribution in [0.25, 0.3) is 0 Å². The van der Waals surface area contributed by atoms with Crippen LogP contribution in [0.1, 0.15) is 58.2 Å². The van der Waals surface area contributed by atoms with Crippen LogP contribution in [0.4, 0.5) is 0 Å². The first kappa shape index (κ1) is 18.4. The molecule has 0 aromatic heterocycles. The molecule has 0 bridgehead atoms. The van der Waals surface area contributed by atoms with E-state index in [1.54, 1.807) is 0 Å². The number of aryl methyl sites for hydroxylation is 1. The van der Waals surface area contributed by atoms with E-state index in [1.807, 2.05) is 0 Å². The second-order valence-electron chi connectivity index (χ2n) is 6.33. The van der Waals surface area contributed by atoms with Crippen LogP contribution in [0, 0.1) is 12.8 Å². The summed E-state index contributed by atoms with van der Waals surface area (Å²) in [5.41, 5.74) is 2.50. The summed E-state index contributed by atoms with van der Waals surface area (Å²) in [5, 5.41) is 3.91. The van der Waals surface area contributed by atoms with Gasteiger partial charge in [-0.15, -0.1) is 0 Å². The fraction of sp³-hybridized carbons (Fsp3) is 0.667. The van der Waals surface area contributed by atoms with Gasteiger partial charge in [0.2, 0.25) is 0 Å². The average Bonchev–Trinajstić information content (AvgIpc) is 2.47. The van der Waals surface area contributed by atoms with Gasteiger partial charge in [-0.2, -0.15) is 0 Å². The van der Waals surface area contributed by atoms with Gasteiger partial charge in [0.1, 0.15) is 0 Å². The molecule has 1 rings (SSSR count). The predicted octanol–water partition coefficient (Wildman–Crippen LogP) is 4.22. The van der Waals surface area contributed by atoms with Crippen molar-refractivity contribution < 1.29 is 4.21 Å². The Balaban J connectivity index is 2.95. The lowest BCUT2D eigenvalue weighted by atomic mass is 10.0. The van der Waals surface area contributed by atoms with Gasteiger partial charge in [-0.25, -0.2) is 0 Å². The first-order valence-electron chi connectivity index (χ1n) is 8.07. The first-order chi connectivity index (χ1) is 9.88. The molecule has 0 spiro atoms. The highest BCUT2D eigenvalue weighted by Crippen LogP contribution is 2.25. The van der Waals surface area contributed by atoms with Crippen molar-refractivity contribution in [1.82, 2.24) is 5.32 Å². The van der Waals surface area contributed by atoms with Crippen molar-refractivity contribution >= 4 is 10.8 Å². The molecule has 120 valence electrons. The highest BCUT2D eigenvalue weighted by atomic mass is 32.2. The van der Waals surface area contributed by atoms with Gasteiger partial charge in [0.25, 0.3) is 0 Å². The molecule has 2 nitrogen and oxygen atoms in total. The van der Waals surface area contributed by atoms with E-state index in [0.29, 0.717) is 5.92 Å². The zero-order chi connectivity index (χ0) is 16.0. The minimum absolute atomic E-state index is 0.108. The number of hydrogen-bond acceptors (Lipinski definition) is 2. The molecular weight excluding hydrogens is 278 g/mol. The van der Waals surface area contributed by atoms with Gasteiger partial charge < -0.3 is 5.32 Å². The van der Waals surface area contributed by atoms with E-state index in [2.05, 4.69) is 71.1 Å². The second-order valence-corrected chi connectivity index (χ2v) is 8.47. The maximum Gasteiger partial charge on any atom is 0.0517 e. The summed E-state index contributed by atoms with van der Waals surface area (Å²) >= 11 is 0. The minimum atomic E-state index is -0.842. The van der Waals surface area contributed by atoms with Crippen molar-refractivity contribution in [1.29, 1.82) is 0 Å². The summed E-state index contributed by atoms with van der Waals surface area (Å²) in [6, 6.07) is 8.76. The molecule has 0 heterocycles. The third-order valence-corrected chi connectivity index (χ3v) is 6.47. The third kappa shape index (κ3) is 5.23. The van der Waals surface area contributed by atoms with Crippen LogP contribution in [-0.2, 0) is 10.8 Å². The number of hydrogen-bond donors (Lipinski definition) is 1. The van der Waals surface area contributed by atoms with Crippen molar-refractivity contribution in [2.75, 3.05) is 6.54 Å². The molecule has 0 fully saturated rings. The van der Waals surface area contributed by atoms with Crippen LogP contribution in [0.15, 0.2) is 24.3 Å². The van der Waals surface area contributed by atoms with E-state index in [4.69, 9.17) is 0 Å². The fourth-order valence-corrected chi connectivity index (χ4v) is 4.10. The molecule has 0 radical (unpaired) electrons. The zero-order valence-electron chi connectivity index (χ0n) is 14.3. The Labute approximate surface area is 133 Å². The molecule has 0 saturated carbocycles. The number of nitrogens with one attached hydrogen (secondary N) is 1. The van der Waals surface area contributed by atoms with Gasteiger partial charge in [0.15, 0.2) is 0 Å². The van der Waals surface area contributed by atoms with Crippen molar-refractivity contribution in [3.8, 4) is 0 Å². The third-order valence-electron chi connectivity index (χ3n) is 4.19. The van der Waals surface area contributed by atoms with E-state index in [0.717, 1.165) is 13.0 Å². The van der Waals surface area contributed by atoms with Gasteiger partial charge in [-0.05, 0) is 38.3 Å². The lowest BCUT2D eigenvalue weighted by Crippen LogP contribution is -2.37. The quantitative estimate of drug-likeness (QED) is 0.779. The van der Waals surface area contributed by atoms with Crippen LogP contribution in [0.3, 0.4) is 0 Å². The molecule has 0 saturated heterocycles. The van der Waals surface area contributed by atoms with Gasteiger partial charge in [0.05, 0.1) is 5.25 Å². The van der Waals surface area contributed by atoms with Gasteiger partial charge in [-0.3, -0.25) is 4.21 Å². The van der Waals surface area contributed by atoms with Crippen LogP contribution < -0.4 is 5.32 Å². The summed E-state index contributed by atoms with van der Waals surface area (Å²) in [6.07, 6.45) is 1.08. The molecule has 3 heteroatoms. The molecular formula is C18H31NOS. The van der Waals surface area contributed by atoms with Gasteiger partial charge in [0, 0.05) is 22.1 Å². The highest BCUT2D eigenvalue weighted by molar-refractivity contribution is 7.86. The average molecular weight is 310 g/mol. The molecule has 0 amide bonds. The minimum Gasteiger partial charge on any atom is -0.309 e. The predicted molar refractivity (Wildman–Crippen MR) is 94.1 cm³/mol. The molecule has 0 aliphatic rings. The van der Waals surface area contributed by atoms with E-state index in [1.165, 1.54) is 11.1 Å².